The van der Waals surface area contributed by atoms with E-state index in [2.05, 4.69) is 84.2 Å². The van der Waals surface area contributed by atoms with Gasteiger partial charge in [0.15, 0.2) is 0 Å². The zero-order valence-corrected chi connectivity index (χ0v) is 11.3. The third kappa shape index (κ3) is 2.83. The lowest BCUT2D eigenvalue weighted by Crippen LogP contribution is -1.67. The minimum atomic E-state index is 1.31. The summed E-state index contributed by atoms with van der Waals surface area (Å²) < 4.78 is 1.37. The number of hydrogen-bond acceptors (Lipinski definition) is 1. The van der Waals surface area contributed by atoms with Crippen molar-refractivity contribution < 1.29 is 0 Å². The summed E-state index contributed by atoms with van der Waals surface area (Å²) in [7, 11) is 0. The predicted molar refractivity (Wildman–Crippen MR) is 85.8 cm³/mol. The van der Waals surface area contributed by atoms with Crippen LogP contribution in [0.4, 0.5) is 0 Å². The molecule has 0 aliphatic carbocycles. The molecule has 4 rings (SSSR count). The molecule has 0 aliphatic rings. The fourth-order valence-electron chi connectivity index (χ4n) is 2.04. The topological polar surface area (TPSA) is 0 Å². The predicted octanol–water partition coefficient (Wildman–Crippen LogP) is 5.74. The van der Waals surface area contributed by atoms with E-state index >= 15 is 0 Å². The third-order valence-corrected chi connectivity index (χ3v) is 3.92. The van der Waals surface area contributed by atoms with Gasteiger partial charge in [-0.25, -0.2) is 0 Å². The van der Waals surface area contributed by atoms with E-state index in [1.165, 1.54) is 20.9 Å². The van der Waals surface area contributed by atoms with Crippen LogP contribution in [0.2, 0.25) is 0 Å². The molecule has 0 nitrogen and oxygen atoms in total. The van der Waals surface area contributed by atoms with Crippen LogP contribution in [0.15, 0.2) is 84.2 Å². The van der Waals surface area contributed by atoms with E-state index in [-0.39, 0.29) is 0 Å². The molecule has 0 fully saturated rings. The highest BCUT2D eigenvalue weighted by atomic mass is 32.1. The van der Waals surface area contributed by atoms with Crippen LogP contribution in [0.3, 0.4) is 0 Å². The molecule has 1 heteroatoms. The summed E-state index contributed by atoms with van der Waals surface area (Å²) in [5, 5.41) is 6.09. The smallest absolute Gasteiger partial charge is 0.0342 e. The van der Waals surface area contributed by atoms with E-state index in [4.69, 9.17) is 0 Å². The standard InChI is InChI=1S/C10H8.C8H6S/c1-2-6-10-8-4-3-7-9(10)5-1;1-2-4-8-7(3-1)5-6-9-8/h1-8H;1-6H. The summed E-state index contributed by atoms with van der Waals surface area (Å²) in [5.41, 5.74) is 0. The molecule has 0 amide bonds. The van der Waals surface area contributed by atoms with Gasteiger partial charge in [0.1, 0.15) is 0 Å². The fraction of sp³-hybridized carbons (Fsp3) is 0. The maximum Gasteiger partial charge on any atom is 0.0342 e. The molecule has 0 aliphatic heterocycles. The van der Waals surface area contributed by atoms with E-state index in [0.717, 1.165) is 0 Å². The SMILES string of the molecule is c1ccc2ccccc2c1.c1ccc2sccc2c1. The fourth-order valence-corrected chi connectivity index (χ4v) is 2.83. The van der Waals surface area contributed by atoms with Gasteiger partial charge in [0.2, 0.25) is 0 Å². The molecule has 4 aromatic rings. The van der Waals surface area contributed by atoms with Crippen molar-refractivity contribution in [3.63, 3.8) is 0 Å². The van der Waals surface area contributed by atoms with Gasteiger partial charge in [-0.15, -0.1) is 11.3 Å². The van der Waals surface area contributed by atoms with Crippen LogP contribution in [0.1, 0.15) is 0 Å². The average molecular weight is 262 g/mol. The number of hydrogen-bond donors (Lipinski definition) is 0. The Morgan fingerprint density at radius 3 is 1.47 bits per heavy atom. The summed E-state index contributed by atoms with van der Waals surface area (Å²) in [6, 6.07) is 27.3. The second-order valence-corrected chi connectivity index (χ2v) is 5.25. The van der Waals surface area contributed by atoms with Crippen LogP contribution < -0.4 is 0 Å². The summed E-state index contributed by atoms with van der Waals surface area (Å²) in [6.45, 7) is 0. The summed E-state index contributed by atoms with van der Waals surface area (Å²) in [6.07, 6.45) is 0. The summed E-state index contributed by atoms with van der Waals surface area (Å²) in [5.74, 6) is 0. The lowest BCUT2D eigenvalue weighted by atomic mass is 10.1. The van der Waals surface area contributed by atoms with Gasteiger partial charge in [0, 0.05) is 4.70 Å². The number of rotatable bonds is 0. The summed E-state index contributed by atoms with van der Waals surface area (Å²) in [4.78, 5) is 0. The first kappa shape index (κ1) is 11.9. The van der Waals surface area contributed by atoms with Crippen molar-refractivity contribution in [2.45, 2.75) is 0 Å². The Morgan fingerprint density at radius 2 is 0.947 bits per heavy atom. The highest BCUT2D eigenvalue weighted by molar-refractivity contribution is 7.17. The van der Waals surface area contributed by atoms with Crippen LogP contribution in [0.5, 0.6) is 0 Å². The Labute approximate surface area is 116 Å². The first-order valence-corrected chi connectivity index (χ1v) is 7.17. The van der Waals surface area contributed by atoms with Gasteiger partial charge in [-0.1, -0.05) is 66.7 Å². The zero-order valence-electron chi connectivity index (χ0n) is 10.5. The molecule has 92 valence electrons. The first-order valence-electron chi connectivity index (χ1n) is 6.29. The van der Waals surface area contributed by atoms with Gasteiger partial charge in [0.05, 0.1) is 0 Å². The molecule has 0 unspecified atom stereocenters. The maximum absolute atomic E-state index is 2.14. The lowest BCUT2D eigenvalue weighted by molar-refractivity contribution is 1.75. The normalized spacial score (nSPS) is 10.1. The van der Waals surface area contributed by atoms with Crippen molar-refractivity contribution in [3.05, 3.63) is 84.2 Å². The first-order chi connectivity index (χ1) is 9.43. The van der Waals surface area contributed by atoms with Gasteiger partial charge in [0.25, 0.3) is 0 Å². The van der Waals surface area contributed by atoms with Gasteiger partial charge in [-0.2, -0.15) is 0 Å². The zero-order chi connectivity index (χ0) is 12.9. The number of benzene rings is 3. The maximum atomic E-state index is 2.14. The molecular formula is C18H14S. The molecule has 1 heterocycles. The molecule has 1 aromatic heterocycles. The second kappa shape index (κ2) is 5.68. The third-order valence-electron chi connectivity index (χ3n) is 3.02. The molecule has 0 radical (unpaired) electrons. The van der Waals surface area contributed by atoms with Crippen molar-refractivity contribution in [3.8, 4) is 0 Å². The van der Waals surface area contributed by atoms with Crippen molar-refractivity contribution >= 4 is 32.2 Å². The lowest BCUT2D eigenvalue weighted by Gasteiger charge is -1.92. The largest absolute Gasteiger partial charge is 0.144 e. The molecule has 0 bridgehead atoms. The van der Waals surface area contributed by atoms with Gasteiger partial charge in [-0.05, 0) is 33.7 Å². The molecule has 0 atom stereocenters. The molecule has 19 heavy (non-hydrogen) atoms. The van der Waals surface area contributed by atoms with E-state index in [1.807, 2.05) is 0 Å². The quantitative estimate of drug-likeness (QED) is 0.379. The van der Waals surface area contributed by atoms with E-state index in [1.54, 1.807) is 11.3 Å². The molecule has 3 aromatic carbocycles. The van der Waals surface area contributed by atoms with E-state index in [9.17, 15) is 0 Å². The number of fused-ring (bicyclic) bond motifs is 2. The van der Waals surface area contributed by atoms with Crippen LogP contribution in [-0.4, -0.2) is 0 Å². The second-order valence-electron chi connectivity index (χ2n) is 4.31. The minimum absolute atomic E-state index is 1.31. The molecule has 0 spiro atoms. The summed E-state index contributed by atoms with van der Waals surface area (Å²) >= 11 is 1.79. The van der Waals surface area contributed by atoms with E-state index in [0.29, 0.717) is 0 Å². The molecular weight excluding hydrogens is 248 g/mol. The van der Waals surface area contributed by atoms with Crippen molar-refractivity contribution in [1.82, 2.24) is 0 Å². The Bertz CT molecular complexity index is 688. The van der Waals surface area contributed by atoms with Crippen molar-refractivity contribution in [2.24, 2.45) is 0 Å². The Hall–Kier alpha value is -2.12. The molecule has 0 N–H and O–H groups in total. The highest BCUT2D eigenvalue weighted by Gasteiger charge is 1.88. The van der Waals surface area contributed by atoms with Crippen molar-refractivity contribution in [2.75, 3.05) is 0 Å². The van der Waals surface area contributed by atoms with Crippen molar-refractivity contribution in [1.29, 1.82) is 0 Å². The molecule has 0 saturated carbocycles. The minimum Gasteiger partial charge on any atom is -0.144 e. The Balaban J connectivity index is 0.000000117. The van der Waals surface area contributed by atoms with Gasteiger partial charge in [-0.3, -0.25) is 0 Å². The Morgan fingerprint density at radius 1 is 0.474 bits per heavy atom. The van der Waals surface area contributed by atoms with Gasteiger partial charge < -0.3 is 0 Å². The average Bonchev–Trinajstić information content (AvgIpc) is 2.96. The van der Waals surface area contributed by atoms with Crippen LogP contribution >= 0.6 is 11.3 Å². The molecule has 0 saturated heterocycles. The Kier molecular flexibility index (Phi) is 3.57. The van der Waals surface area contributed by atoms with Crippen LogP contribution in [-0.2, 0) is 0 Å². The number of thiophene rings is 1. The van der Waals surface area contributed by atoms with Crippen LogP contribution in [0, 0.1) is 0 Å². The highest BCUT2D eigenvalue weighted by Crippen LogP contribution is 2.18. The van der Waals surface area contributed by atoms with Gasteiger partial charge >= 0.3 is 0 Å². The van der Waals surface area contributed by atoms with Crippen LogP contribution in [0.25, 0.3) is 20.9 Å². The monoisotopic (exact) mass is 262 g/mol. The van der Waals surface area contributed by atoms with E-state index < -0.39 is 0 Å².